The average Bonchev–Trinajstić information content (AvgIpc) is 2.64. The first-order valence-corrected chi connectivity index (χ1v) is 4.57. The standard InChI is InChI=1S/C9H11N5O/c1-6-3-4-8(13-12-6)10-5-9-11-7(2)15-14-9/h3-4H,5H2,1-2H3,(H,10,13). The van der Waals surface area contributed by atoms with Crippen molar-refractivity contribution in [2.75, 3.05) is 5.32 Å². The second-order valence-corrected chi connectivity index (χ2v) is 3.14. The third kappa shape index (κ3) is 2.49. The molecule has 6 heteroatoms. The summed E-state index contributed by atoms with van der Waals surface area (Å²) >= 11 is 0. The van der Waals surface area contributed by atoms with Crippen LogP contribution in [0.25, 0.3) is 0 Å². The number of aryl methyl sites for hydroxylation is 2. The zero-order valence-corrected chi connectivity index (χ0v) is 8.56. The van der Waals surface area contributed by atoms with Gasteiger partial charge < -0.3 is 9.84 Å². The van der Waals surface area contributed by atoms with E-state index < -0.39 is 0 Å². The molecule has 0 saturated carbocycles. The van der Waals surface area contributed by atoms with Crippen LogP contribution in [0.3, 0.4) is 0 Å². The van der Waals surface area contributed by atoms with Crippen molar-refractivity contribution in [3.63, 3.8) is 0 Å². The number of aromatic nitrogens is 4. The molecule has 78 valence electrons. The number of nitrogens with one attached hydrogen (secondary N) is 1. The van der Waals surface area contributed by atoms with E-state index in [1.54, 1.807) is 6.92 Å². The third-order valence-corrected chi connectivity index (χ3v) is 1.80. The average molecular weight is 205 g/mol. The van der Waals surface area contributed by atoms with Crippen molar-refractivity contribution in [2.45, 2.75) is 20.4 Å². The maximum Gasteiger partial charge on any atom is 0.223 e. The Morgan fingerprint density at radius 1 is 1.27 bits per heavy atom. The highest BCUT2D eigenvalue weighted by Crippen LogP contribution is 2.03. The van der Waals surface area contributed by atoms with Crippen molar-refractivity contribution in [3.8, 4) is 0 Å². The zero-order chi connectivity index (χ0) is 10.7. The lowest BCUT2D eigenvalue weighted by molar-refractivity contribution is 0.388. The predicted molar refractivity (Wildman–Crippen MR) is 53.1 cm³/mol. The third-order valence-electron chi connectivity index (χ3n) is 1.80. The Labute approximate surface area is 86.7 Å². The van der Waals surface area contributed by atoms with Gasteiger partial charge in [0.25, 0.3) is 0 Å². The SMILES string of the molecule is Cc1ccc(NCc2noc(C)n2)nn1. The summed E-state index contributed by atoms with van der Waals surface area (Å²) in [5, 5.41) is 14.7. The Morgan fingerprint density at radius 2 is 2.13 bits per heavy atom. The summed E-state index contributed by atoms with van der Waals surface area (Å²) in [5.74, 6) is 1.86. The minimum atomic E-state index is 0.481. The molecule has 0 spiro atoms. The van der Waals surface area contributed by atoms with Gasteiger partial charge in [0, 0.05) is 6.92 Å². The molecule has 0 unspecified atom stereocenters. The number of hydrogen-bond acceptors (Lipinski definition) is 6. The highest BCUT2D eigenvalue weighted by molar-refractivity contribution is 5.32. The molecule has 0 saturated heterocycles. The molecule has 0 fully saturated rings. The first kappa shape index (κ1) is 9.57. The number of nitrogens with zero attached hydrogens (tertiary/aromatic N) is 4. The van der Waals surface area contributed by atoms with Gasteiger partial charge in [-0.2, -0.15) is 10.1 Å². The van der Waals surface area contributed by atoms with Gasteiger partial charge in [-0.1, -0.05) is 5.16 Å². The van der Waals surface area contributed by atoms with E-state index >= 15 is 0 Å². The molecule has 0 radical (unpaired) electrons. The van der Waals surface area contributed by atoms with Gasteiger partial charge in [0.1, 0.15) is 5.82 Å². The zero-order valence-electron chi connectivity index (χ0n) is 8.56. The Bertz CT molecular complexity index is 436. The first-order chi connectivity index (χ1) is 7.24. The molecular formula is C9H11N5O. The molecule has 2 aromatic heterocycles. The monoisotopic (exact) mass is 205 g/mol. The lowest BCUT2D eigenvalue weighted by Crippen LogP contribution is -2.03. The van der Waals surface area contributed by atoms with Crippen LogP contribution in [-0.4, -0.2) is 20.3 Å². The molecule has 15 heavy (non-hydrogen) atoms. The minimum absolute atomic E-state index is 0.481. The van der Waals surface area contributed by atoms with Gasteiger partial charge >= 0.3 is 0 Å². The fourth-order valence-corrected chi connectivity index (χ4v) is 1.08. The summed E-state index contributed by atoms with van der Waals surface area (Å²) in [6.07, 6.45) is 0. The van der Waals surface area contributed by atoms with E-state index in [1.807, 2.05) is 19.1 Å². The van der Waals surface area contributed by atoms with Gasteiger partial charge in [-0.25, -0.2) is 0 Å². The van der Waals surface area contributed by atoms with Crippen LogP contribution in [0, 0.1) is 13.8 Å². The summed E-state index contributed by atoms with van der Waals surface area (Å²) in [5.41, 5.74) is 0.885. The highest BCUT2D eigenvalue weighted by atomic mass is 16.5. The molecule has 1 N–H and O–H groups in total. The Hall–Kier alpha value is -1.98. The molecule has 2 heterocycles. The van der Waals surface area contributed by atoms with E-state index in [-0.39, 0.29) is 0 Å². The molecule has 0 aliphatic carbocycles. The van der Waals surface area contributed by atoms with Crippen LogP contribution < -0.4 is 5.32 Å². The first-order valence-electron chi connectivity index (χ1n) is 4.57. The van der Waals surface area contributed by atoms with Crippen molar-refractivity contribution in [3.05, 3.63) is 29.5 Å². The quantitative estimate of drug-likeness (QED) is 0.808. The number of rotatable bonds is 3. The number of anilines is 1. The molecule has 2 rings (SSSR count). The molecular weight excluding hydrogens is 194 g/mol. The maximum atomic E-state index is 4.83. The van der Waals surface area contributed by atoms with Crippen LogP contribution in [0.15, 0.2) is 16.7 Å². The largest absolute Gasteiger partial charge is 0.361 e. The normalized spacial score (nSPS) is 10.3. The molecule has 0 atom stereocenters. The van der Waals surface area contributed by atoms with Crippen LogP contribution in [0.1, 0.15) is 17.4 Å². The van der Waals surface area contributed by atoms with Gasteiger partial charge in [-0.05, 0) is 19.1 Å². The molecule has 0 aliphatic heterocycles. The van der Waals surface area contributed by atoms with E-state index in [2.05, 4.69) is 25.7 Å². The summed E-state index contributed by atoms with van der Waals surface area (Å²) in [6.45, 7) is 4.12. The Morgan fingerprint density at radius 3 is 2.73 bits per heavy atom. The second-order valence-electron chi connectivity index (χ2n) is 3.14. The molecule has 0 amide bonds. The van der Waals surface area contributed by atoms with Crippen molar-refractivity contribution in [1.29, 1.82) is 0 Å². The topological polar surface area (TPSA) is 76.7 Å². The maximum absolute atomic E-state index is 4.83. The van der Waals surface area contributed by atoms with E-state index in [9.17, 15) is 0 Å². The predicted octanol–water partition coefficient (Wildman–Crippen LogP) is 1.09. The highest BCUT2D eigenvalue weighted by Gasteiger charge is 2.01. The molecule has 0 aromatic carbocycles. The minimum Gasteiger partial charge on any atom is -0.361 e. The Balaban J connectivity index is 1.96. The van der Waals surface area contributed by atoms with Crippen molar-refractivity contribution in [2.24, 2.45) is 0 Å². The van der Waals surface area contributed by atoms with E-state index in [0.717, 1.165) is 5.69 Å². The molecule has 6 nitrogen and oxygen atoms in total. The van der Waals surface area contributed by atoms with Gasteiger partial charge in [-0.3, -0.25) is 0 Å². The van der Waals surface area contributed by atoms with Crippen LogP contribution in [0.5, 0.6) is 0 Å². The van der Waals surface area contributed by atoms with Crippen molar-refractivity contribution < 1.29 is 4.52 Å². The second kappa shape index (κ2) is 4.04. The van der Waals surface area contributed by atoms with Gasteiger partial charge in [0.2, 0.25) is 5.89 Å². The van der Waals surface area contributed by atoms with Crippen LogP contribution in [-0.2, 0) is 6.54 Å². The van der Waals surface area contributed by atoms with Crippen molar-refractivity contribution in [1.82, 2.24) is 20.3 Å². The molecule has 0 bridgehead atoms. The molecule has 0 aliphatic rings. The summed E-state index contributed by atoms with van der Waals surface area (Å²) in [7, 11) is 0. The number of hydrogen-bond donors (Lipinski definition) is 1. The van der Waals surface area contributed by atoms with E-state index in [0.29, 0.717) is 24.1 Å². The van der Waals surface area contributed by atoms with Gasteiger partial charge in [0.15, 0.2) is 5.82 Å². The lowest BCUT2D eigenvalue weighted by atomic mass is 10.4. The fourth-order valence-electron chi connectivity index (χ4n) is 1.08. The summed E-state index contributed by atoms with van der Waals surface area (Å²) < 4.78 is 4.83. The lowest BCUT2D eigenvalue weighted by Gasteiger charge is -2.00. The summed E-state index contributed by atoms with van der Waals surface area (Å²) in [4.78, 5) is 4.05. The van der Waals surface area contributed by atoms with E-state index in [4.69, 9.17) is 4.52 Å². The Kier molecular flexibility index (Phi) is 2.57. The van der Waals surface area contributed by atoms with Gasteiger partial charge in [-0.15, -0.1) is 5.10 Å². The summed E-state index contributed by atoms with van der Waals surface area (Å²) in [6, 6.07) is 3.74. The molecule has 2 aromatic rings. The smallest absolute Gasteiger partial charge is 0.223 e. The fraction of sp³-hybridized carbons (Fsp3) is 0.333. The van der Waals surface area contributed by atoms with Crippen LogP contribution in [0.4, 0.5) is 5.82 Å². The van der Waals surface area contributed by atoms with E-state index in [1.165, 1.54) is 0 Å². The van der Waals surface area contributed by atoms with Gasteiger partial charge in [0.05, 0.1) is 12.2 Å². The van der Waals surface area contributed by atoms with Crippen LogP contribution >= 0.6 is 0 Å². The van der Waals surface area contributed by atoms with Crippen molar-refractivity contribution >= 4 is 5.82 Å². The van der Waals surface area contributed by atoms with Crippen LogP contribution in [0.2, 0.25) is 0 Å².